The van der Waals surface area contributed by atoms with Gasteiger partial charge in [-0.05, 0) is 12.3 Å². The molecule has 6 heteroatoms. The van der Waals surface area contributed by atoms with Crippen molar-refractivity contribution in [2.75, 3.05) is 5.73 Å². The van der Waals surface area contributed by atoms with E-state index < -0.39 is 4.92 Å². The highest BCUT2D eigenvalue weighted by Crippen LogP contribution is 2.30. The lowest BCUT2D eigenvalue weighted by Crippen LogP contribution is -2.02. The third-order valence-electron chi connectivity index (χ3n) is 3.14. The summed E-state index contributed by atoms with van der Waals surface area (Å²) in [5, 5.41) is 15.3. The Morgan fingerprint density at radius 1 is 1.45 bits per heavy atom. The predicted molar refractivity (Wildman–Crippen MR) is 78.3 cm³/mol. The number of rotatable bonds is 4. The number of benzene rings is 1. The predicted octanol–water partition coefficient (Wildman–Crippen LogP) is 2.78. The summed E-state index contributed by atoms with van der Waals surface area (Å²) in [5.41, 5.74) is 8.51. The Bertz CT molecular complexity index is 647. The van der Waals surface area contributed by atoms with Crippen molar-refractivity contribution in [3.63, 3.8) is 0 Å². The van der Waals surface area contributed by atoms with Crippen LogP contribution in [-0.4, -0.2) is 14.7 Å². The van der Waals surface area contributed by atoms with E-state index in [1.165, 1.54) is 12.1 Å². The zero-order chi connectivity index (χ0) is 14.9. The van der Waals surface area contributed by atoms with E-state index in [2.05, 4.69) is 18.9 Å². The zero-order valence-corrected chi connectivity index (χ0v) is 11.8. The van der Waals surface area contributed by atoms with Gasteiger partial charge in [-0.1, -0.05) is 26.0 Å². The van der Waals surface area contributed by atoms with E-state index in [9.17, 15) is 10.1 Å². The largest absolute Gasteiger partial charge is 0.384 e. The van der Waals surface area contributed by atoms with E-state index in [0.717, 1.165) is 23.2 Å². The summed E-state index contributed by atoms with van der Waals surface area (Å²) in [7, 11) is 1.78. The molecule has 1 aromatic carbocycles. The molecular weight excluding hydrogens is 256 g/mol. The molecule has 0 amide bonds. The number of nitrogen functional groups attached to an aromatic ring is 1. The summed E-state index contributed by atoms with van der Waals surface area (Å²) in [4.78, 5) is 10.5. The molecule has 106 valence electrons. The first-order valence-corrected chi connectivity index (χ1v) is 6.46. The summed E-state index contributed by atoms with van der Waals surface area (Å²) < 4.78 is 1.62. The Hall–Kier alpha value is -2.37. The first-order chi connectivity index (χ1) is 9.40. The van der Waals surface area contributed by atoms with E-state index in [1.807, 2.05) is 6.07 Å². The minimum Gasteiger partial charge on any atom is -0.384 e. The van der Waals surface area contributed by atoms with Crippen LogP contribution in [0, 0.1) is 16.0 Å². The van der Waals surface area contributed by atoms with Crippen LogP contribution in [0.3, 0.4) is 0 Å². The van der Waals surface area contributed by atoms with Gasteiger partial charge in [-0.15, -0.1) is 0 Å². The summed E-state index contributed by atoms with van der Waals surface area (Å²) in [5.74, 6) is 1.04. The van der Waals surface area contributed by atoms with Crippen molar-refractivity contribution >= 4 is 11.5 Å². The minimum atomic E-state index is -0.405. The lowest BCUT2D eigenvalue weighted by molar-refractivity contribution is -0.384. The number of nitrogens with zero attached hydrogens (tertiary/aromatic N) is 3. The standard InChI is InChI=1S/C14H18N4O2/c1-9(2)7-12-13(16-17(3)14(12)15)10-5-4-6-11(8-10)18(19)20/h4-6,8-9H,7,15H2,1-3H3. The van der Waals surface area contributed by atoms with Crippen LogP contribution in [-0.2, 0) is 13.5 Å². The van der Waals surface area contributed by atoms with Crippen molar-refractivity contribution in [1.29, 1.82) is 0 Å². The van der Waals surface area contributed by atoms with Crippen LogP contribution in [0.2, 0.25) is 0 Å². The third-order valence-corrected chi connectivity index (χ3v) is 3.14. The molecule has 20 heavy (non-hydrogen) atoms. The smallest absolute Gasteiger partial charge is 0.270 e. The molecule has 2 aromatic rings. The number of hydrogen-bond acceptors (Lipinski definition) is 4. The van der Waals surface area contributed by atoms with Gasteiger partial charge < -0.3 is 5.73 Å². The van der Waals surface area contributed by atoms with E-state index in [1.54, 1.807) is 17.8 Å². The fraction of sp³-hybridized carbons (Fsp3) is 0.357. The maximum absolute atomic E-state index is 10.9. The molecule has 0 radical (unpaired) electrons. The van der Waals surface area contributed by atoms with Gasteiger partial charge >= 0.3 is 0 Å². The van der Waals surface area contributed by atoms with Crippen LogP contribution in [0.15, 0.2) is 24.3 Å². The topological polar surface area (TPSA) is 87.0 Å². The molecule has 0 fully saturated rings. The molecule has 0 unspecified atom stereocenters. The first kappa shape index (κ1) is 14.0. The highest BCUT2D eigenvalue weighted by atomic mass is 16.6. The van der Waals surface area contributed by atoms with Gasteiger partial charge in [0, 0.05) is 30.3 Å². The molecule has 0 spiro atoms. The second kappa shape index (κ2) is 5.32. The third kappa shape index (κ3) is 2.64. The number of nitro benzene ring substituents is 1. The Morgan fingerprint density at radius 2 is 2.15 bits per heavy atom. The molecule has 0 aliphatic rings. The van der Waals surface area contributed by atoms with Crippen LogP contribution in [0.25, 0.3) is 11.3 Å². The maximum Gasteiger partial charge on any atom is 0.270 e. The van der Waals surface area contributed by atoms with Crippen molar-refractivity contribution in [3.8, 4) is 11.3 Å². The van der Waals surface area contributed by atoms with Gasteiger partial charge in [0.1, 0.15) is 5.82 Å². The summed E-state index contributed by atoms with van der Waals surface area (Å²) >= 11 is 0. The number of nitro groups is 1. The molecule has 6 nitrogen and oxygen atoms in total. The number of hydrogen-bond donors (Lipinski definition) is 1. The van der Waals surface area contributed by atoms with Gasteiger partial charge in [-0.3, -0.25) is 14.8 Å². The van der Waals surface area contributed by atoms with Crippen molar-refractivity contribution in [1.82, 2.24) is 9.78 Å². The normalized spacial score (nSPS) is 11.0. The van der Waals surface area contributed by atoms with Gasteiger partial charge in [0.05, 0.1) is 10.6 Å². The summed E-state index contributed by atoms with van der Waals surface area (Å²) in [6, 6.07) is 6.49. The molecule has 0 saturated carbocycles. The first-order valence-electron chi connectivity index (χ1n) is 6.46. The Kier molecular flexibility index (Phi) is 3.74. The lowest BCUT2D eigenvalue weighted by atomic mass is 9.99. The SMILES string of the molecule is CC(C)Cc1c(-c2cccc([N+](=O)[O-])c2)nn(C)c1N. The van der Waals surface area contributed by atoms with Crippen molar-refractivity contribution in [3.05, 3.63) is 39.9 Å². The van der Waals surface area contributed by atoms with Gasteiger partial charge in [0.15, 0.2) is 0 Å². The highest BCUT2D eigenvalue weighted by Gasteiger charge is 2.18. The number of anilines is 1. The van der Waals surface area contributed by atoms with E-state index >= 15 is 0 Å². The van der Waals surface area contributed by atoms with Crippen LogP contribution in [0.1, 0.15) is 19.4 Å². The number of aromatic nitrogens is 2. The van der Waals surface area contributed by atoms with Gasteiger partial charge in [0.25, 0.3) is 5.69 Å². The van der Waals surface area contributed by atoms with Crippen LogP contribution in [0.4, 0.5) is 11.5 Å². The number of aryl methyl sites for hydroxylation is 1. The Labute approximate surface area is 117 Å². The van der Waals surface area contributed by atoms with Crippen LogP contribution in [0.5, 0.6) is 0 Å². The number of non-ortho nitro benzene ring substituents is 1. The second-order valence-electron chi connectivity index (χ2n) is 5.24. The van der Waals surface area contributed by atoms with Crippen LogP contribution >= 0.6 is 0 Å². The lowest BCUT2D eigenvalue weighted by Gasteiger charge is -2.06. The zero-order valence-electron chi connectivity index (χ0n) is 11.8. The average molecular weight is 274 g/mol. The molecule has 2 N–H and O–H groups in total. The van der Waals surface area contributed by atoms with Gasteiger partial charge in [-0.25, -0.2) is 0 Å². The van der Waals surface area contributed by atoms with Crippen molar-refractivity contribution in [2.45, 2.75) is 20.3 Å². The van der Waals surface area contributed by atoms with E-state index in [0.29, 0.717) is 11.7 Å². The molecule has 0 aliphatic carbocycles. The average Bonchev–Trinajstić information content (AvgIpc) is 2.66. The monoisotopic (exact) mass is 274 g/mol. The molecule has 0 atom stereocenters. The molecule has 1 aromatic heterocycles. The highest BCUT2D eigenvalue weighted by molar-refractivity contribution is 5.70. The van der Waals surface area contributed by atoms with E-state index in [-0.39, 0.29) is 5.69 Å². The van der Waals surface area contributed by atoms with Gasteiger partial charge in [0.2, 0.25) is 0 Å². The Morgan fingerprint density at radius 3 is 2.75 bits per heavy atom. The van der Waals surface area contributed by atoms with Crippen LogP contribution < -0.4 is 5.73 Å². The van der Waals surface area contributed by atoms with E-state index in [4.69, 9.17) is 5.73 Å². The minimum absolute atomic E-state index is 0.0576. The quantitative estimate of drug-likeness (QED) is 0.686. The fourth-order valence-electron chi connectivity index (χ4n) is 2.19. The molecule has 0 saturated heterocycles. The molecule has 0 bridgehead atoms. The van der Waals surface area contributed by atoms with Crippen molar-refractivity contribution in [2.24, 2.45) is 13.0 Å². The maximum atomic E-state index is 10.9. The fourth-order valence-corrected chi connectivity index (χ4v) is 2.19. The molecular formula is C14H18N4O2. The summed E-state index contributed by atoms with van der Waals surface area (Å²) in [6.07, 6.45) is 0.789. The Balaban J connectivity index is 2.54. The van der Waals surface area contributed by atoms with Crippen molar-refractivity contribution < 1.29 is 4.92 Å². The van der Waals surface area contributed by atoms with Gasteiger partial charge in [-0.2, -0.15) is 5.10 Å². The molecule has 1 heterocycles. The molecule has 2 rings (SSSR count). The summed E-state index contributed by atoms with van der Waals surface area (Å²) in [6.45, 7) is 4.20. The second-order valence-corrected chi connectivity index (χ2v) is 5.24. The number of nitrogens with two attached hydrogens (primary N) is 1. The molecule has 0 aliphatic heterocycles.